The van der Waals surface area contributed by atoms with Gasteiger partial charge in [0.2, 0.25) is 0 Å². The standard InChI is InChI=1S/C14H16O6P2/c1-9-8-12(11-6-4-3-5-7-11)14(22(18,19)20)13(10(9)2)21(15,16)17/h3-8H,1-2H3,(H2,15,16,17)(H2,18,19,20). The minimum absolute atomic E-state index is 0.135. The lowest BCUT2D eigenvalue weighted by atomic mass is 10.0. The van der Waals surface area contributed by atoms with E-state index in [0.717, 1.165) is 0 Å². The third-order valence-electron chi connectivity index (χ3n) is 3.45. The monoisotopic (exact) mass is 342 g/mol. The van der Waals surface area contributed by atoms with Crippen molar-refractivity contribution in [2.24, 2.45) is 0 Å². The van der Waals surface area contributed by atoms with Crippen molar-refractivity contribution in [3.05, 3.63) is 47.5 Å². The molecule has 0 radical (unpaired) electrons. The van der Waals surface area contributed by atoms with Crippen LogP contribution in [0.25, 0.3) is 11.1 Å². The van der Waals surface area contributed by atoms with Crippen molar-refractivity contribution in [3.8, 4) is 11.1 Å². The fourth-order valence-electron chi connectivity index (χ4n) is 2.37. The molecular weight excluding hydrogens is 326 g/mol. The van der Waals surface area contributed by atoms with E-state index in [2.05, 4.69) is 0 Å². The number of hydrogen-bond acceptors (Lipinski definition) is 2. The molecule has 0 spiro atoms. The summed E-state index contributed by atoms with van der Waals surface area (Å²) in [4.78, 5) is 38.5. The highest BCUT2D eigenvalue weighted by atomic mass is 31.2. The second-order valence-corrected chi connectivity index (χ2v) is 8.09. The second kappa shape index (κ2) is 5.74. The lowest BCUT2D eigenvalue weighted by Crippen LogP contribution is -2.30. The van der Waals surface area contributed by atoms with Crippen molar-refractivity contribution in [1.82, 2.24) is 0 Å². The van der Waals surface area contributed by atoms with Gasteiger partial charge in [0.25, 0.3) is 0 Å². The Morgan fingerprint density at radius 1 is 0.818 bits per heavy atom. The van der Waals surface area contributed by atoms with Gasteiger partial charge in [-0.15, -0.1) is 0 Å². The van der Waals surface area contributed by atoms with E-state index in [-0.39, 0.29) is 11.1 Å². The van der Waals surface area contributed by atoms with Gasteiger partial charge in [-0.3, -0.25) is 9.13 Å². The Morgan fingerprint density at radius 3 is 1.77 bits per heavy atom. The van der Waals surface area contributed by atoms with Gasteiger partial charge in [-0.05, 0) is 36.1 Å². The van der Waals surface area contributed by atoms with E-state index >= 15 is 0 Å². The molecule has 0 aliphatic rings. The van der Waals surface area contributed by atoms with Crippen molar-refractivity contribution in [2.75, 3.05) is 0 Å². The Hall–Kier alpha value is -1.26. The van der Waals surface area contributed by atoms with Gasteiger partial charge in [-0.2, -0.15) is 0 Å². The van der Waals surface area contributed by atoms with E-state index in [1.807, 2.05) is 0 Å². The molecule has 0 fully saturated rings. The summed E-state index contributed by atoms with van der Waals surface area (Å²) in [6.07, 6.45) is 0. The molecule has 2 aromatic carbocycles. The van der Waals surface area contributed by atoms with Crippen LogP contribution in [0.15, 0.2) is 36.4 Å². The zero-order valence-electron chi connectivity index (χ0n) is 12.0. The van der Waals surface area contributed by atoms with Gasteiger partial charge in [0.05, 0.1) is 10.6 Å². The predicted molar refractivity (Wildman–Crippen MR) is 84.7 cm³/mol. The van der Waals surface area contributed by atoms with Crippen LogP contribution in [0.3, 0.4) is 0 Å². The van der Waals surface area contributed by atoms with Crippen LogP contribution < -0.4 is 10.6 Å². The van der Waals surface area contributed by atoms with Gasteiger partial charge >= 0.3 is 15.2 Å². The van der Waals surface area contributed by atoms with Crippen LogP contribution in [0.4, 0.5) is 0 Å². The zero-order chi connectivity index (χ0) is 16.7. The number of benzene rings is 2. The van der Waals surface area contributed by atoms with Gasteiger partial charge in [0.1, 0.15) is 0 Å². The first-order valence-electron chi connectivity index (χ1n) is 6.35. The summed E-state index contributed by atoms with van der Waals surface area (Å²) in [5.74, 6) is 0. The van der Waals surface area contributed by atoms with Gasteiger partial charge in [0.15, 0.2) is 0 Å². The third kappa shape index (κ3) is 3.23. The Balaban J connectivity index is 3.01. The van der Waals surface area contributed by atoms with Crippen molar-refractivity contribution < 1.29 is 28.7 Å². The summed E-state index contributed by atoms with van der Waals surface area (Å²) in [6.45, 7) is 3.09. The average Bonchev–Trinajstić information content (AvgIpc) is 2.39. The van der Waals surface area contributed by atoms with E-state index in [0.29, 0.717) is 11.1 Å². The summed E-state index contributed by atoms with van der Waals surface area (Å²) in [5, 5.41) is -1.19. The molecule has 0 atom stereocenters. The van der Waals surface area contributed by atoms with Crippen LogP contribution in [0.1, 0.15) is 11.1 Å². The molecule has 0 saturated carbocycles. The van der Waals surface area contributed by atoms with E-state index in [1.54, 1.807) is 37.3 Å². The fourth-order valence-corrected chi connectivity index (χ4v) is 5.12. The summed E-state index contributed by atoms with van der Waals surface area (Å²) in [6, 6.07) is 9.92. The number of hydrogen-bond donors (Lipinski definition) is 4. The highest BCUT2D eigenvalue weighted by Gasteiger charge is 2.36. The maximum atomic E-state index is 11.9. The fraction of sp³-hybridized carbons (Fsp3) is 0.143. The summed E-state index contributed by atoms with van der Waals surface area (Å²) in [5.41, 5.74) is 1.36. The molecule has 6 nitrogen and oxygen atoms in total. The molecular formula is C14H16O6P2. The van der Waals surface area contributed by atoms with Crippen molar-refractivity contribution in [3.63, 3.8) is 0 Å². The van der Waals surface area contributed by atoms with Gasteiger partial charge in [0, 0.05) is 0 Å². The topological polar surface area (TPSA) is 115 Å². The summed E-state index contributed by atoms with van der Waals surface area (Å²) < 4.78 is 23.7. The molecule has 118 valence electrons. The Kier molecular flexibility index (Phi) is 4.46. The second-order valence-electron chi connectivity index (χ2n) is 5.02. The first kappa shape index (κ1) is 17.1. The molecule has 4 N–H and O–H groups in total. The molecule has 0 unspecified atom stereocenters. The molecule has 0 saturated heterocycles. The highest BCUT2D eigenvalue weighted by molar-refractivity contribution is 7.67. The SMILES string of the molecule is Cc1cc(-c2ccccc2)c(P(=O)(O)O)c(P(=O)(O)O)c1C. The van der Waals surface area contributed by atoms with Crippen LogP contribution in [-0.4, -0.2) is 19.6 Å². The largest absolute Gasteiger partial charge is 0.357 e. The van der Waals surface area contributed by atoms with Gasteiger partial charge in [-0.25, -0.2) is 0 Å². The van der Waals surface area contributed by atoms with Crippen LogP contribution in [0.5, 0.6) is 0 Å². The molecule has 0 aliphatic carbocycles. The van der Waals surface area contributed by atoms with E-state index < -0.39 is 25.8 Å². The van der Waals surface area contributed by atoms with Crippen molar-refractivity contribution in [1.29, 1.82) is 0 Å². The Bertz CT molecular complexity index is 804. The third-order valence-corrected chi connectivity index (χ3v) is 5.82. The van der Waals surface area contributed by atoms with Crippen molar-refractivity contribution >= 4 is 25.8 Å². The van der Waals surface area contributed by atoms with Crippen molar-refractivity contribution in [2.45, 2.75) is 13.8 Å². The van der Waals surface area contributed by atoms with Gasteiger partial charge in [-0.1, -0.05) is 36.4 Å². The van der Waals surface area contributed by atoms with Crippen LogP contribution in [0, 0.1) is 13.8 Å². The molecule has 8 heteroatoms. The first-order chi connectivity index (χ1) is 10.0. The number of aryl methyl sites for hydroxylation is 1. The highest BCUT2D eigenvalue weighted by Crippen LogP contribution is 2.44. The lowest BCUT2D eigenvalue weighted by molar-refractivity contribution is 0.381. The predicted octanol–water partition coefficient (Wildman–Crippen LogP) is 1.58. The molecule has 2 rings (SSSR count). The lowest BCUT2D eigenvalue weighted by Gasteiger charge is -2.20. The molecule has 0 bridgehead atoms. The maximum Gasteiger partial charge on any atom is 0.357 e. The molecule has 0 amide bonds. The molecule has 0 aromatic heterocycles. The molecule has 0 heterocycles. The average molecular weight is 342 g/mol. The van der Waals surface area contributed by atoms with Gasteiger partial charge < -0.3 is 19.6 Å². The molecule has 0 aliphatic heterocycles. The summed E-state index contributed by atoms with van der Waals surface area (Å²) >= 11 is 0. The van der Waals surface area contributed by atoms with E-state index in [4.69, 9.17) is 0 Å². The minimum Gasteiger partial charge on any atom is -0.321 e. The smallest absolute Gasteiger partial charge is 0.321 e. The first-order valence-corrected chi connectivity index (χ1v) is 9.58. The van der Waals surface area contributed by atoms with Crippen LogP contribution >= 0.6 is 15.2 Å². The van der Waals surface area contributed by atoms with E-state index in [1.165, 1.54) is 13.0 Å². The zero-order valence-corrected chi connectivity index (χ0v) is 13.8. The quantitative estimate of drug-likeness (QED) is 0.630. The van der Waals surface area contributed by atoms with Crippen LogP contribution in [-0.2, 0) is 9.13 Å². The van der Waals surface area contributed by atoms with E-state index in [9.17, 15) is 28.7 Å². The Labute approximate surface area is 127 Å². The normalized spacial score (nSPS) is 12.5. The van der Waals surface area contributed by atoms with Crippen LogP contribution in [0.2, 0.25) is 0 Å². The molecule has 22 heavy (non-hydrogen) atoms. The molecule has 2 aromatic rings. The summed E-state index contributed by atoms with van der Waals surface area (Å²) in [7, 11) is -9.75. The maximum absolute atomic E-state index is 11.9. The number of rotatable bonds is 3. The minimum atomic E-state index is -4.89. The Morgan fingerprint density at radius 2 is 1.32 bits per heavy atom.